The number of benzene rings is 7. The van der Waals surface area contributed by atoms with E-state index in [9.17, 15) is 0 Å². The fourth-order valence-corrected chi connectivity index (χ4v) is 17.2. The maximum atomic E-state index is 2.73. The van der Waals surface area contributed by atoms with E-state index in [0.717, 1.165) is 48.3 Å². The van der Waals surface area contributed by atoms with Crippen molar-refractivity contribution in [3.8, 4) is 0 Å². The molecule has 62 heavy (non-hydrogen) atoms. The molecule has 0 atom stereocenters. The van der Waals surface area contributed by atoms with Gasteiger partial charge in [0.1, 0.15) is 0 Å². The predicted octanol–water partition coefficient (Wildman–Crippen LogP) is 15.7. The molecule has 0 saturated heterocycles. The fraction of sp³-hybridized carbons (Fsp3) is 0.367. The molecule has 0 spiro atoms. The number of fused-ring (bicyclic) bond motifs is 6. The molecule has 0 amide bonds. The summed E-state index contributed by atoms with van der Waals surface area (Å²) in [5.41, 5.74) is 17.6. The Hall–Kier alpha value is -5.34. The summed E-state index contributed by atoms with van der Waals surface area (Å²) in [6.07, 6.45) is 19.0. The summed E-state index contributed by atoms with van der Waals surface area (Å²) >= 11 is 0. The molecule has 0 radical (unpaired) electrons. The van der Waals surface area contributed by atoms with Gasteiger partial charge < -0.3 is 9.80 Å². The lowest BCUT2D eigenvalue weighted by Crippen LogP contribution is -2.49. The van der Waals surface area contributed by atoms with Crippen LogP contribution in [-0.4, -0.2) is 0 Å². The van der Waals surface area contributed by atoms with Gasteiger partial charge in [0.05, 0.1) is 0 Å². The van der Waals surface area contributed by atoms with Crippen LogP contribution in [0.3, 0.4) is 0 Å². The molecule has 0 aromatic heterocycles. The minimum Gasteiger partial charge on any atom is -0.310 e. The van der Waals surface area contributed by atoms with Gasteiger partial charge in [0, 0.05) is 47.0 Å². The first kappa shape index (κ1) is 35.2. The van der Waals surface area contributed by atoms with E-state index < -0.39 is 0 Å². The van der Waals surface area contributed by atoms with Gasteiger partial charge >= 0.3 is 0 Å². The Kier molecular flexibility index (Phi) is 7.17. The van der Waals surface area contributed by atoms with Crippen molar-refractivity contribution >= 4 is 55.7 Å². The van der Waals surface area contributed by atoms with Crippen molar-refractivity contribution in [2.24, 2.45) is 35.5 Å². The van der Waals surface area contributed by atoms with E-state index in [2.05, 4.69) is 143 Å². The molecule has 8 saturated carbocycles. The van der Waals surface area contributed by atoms with E-state index in [4.69, 9.17) is 0 Å². The Morgan fingerprint density at radius 1 is 0.323 bits per heavy atom. The molecule has 0 unspecified atom stereocenters. The molecule has 2 heterocycles. The molecule has 8 aliphatic carbocycles. The Morgan fingerprint density at radius 3 is 0.919 bits per heavy atom. The SMILES string of the molecule is c1ccc2c(c1)Cc1ccccc1N2c1ccc2c(C34CC5CC(CC(C5)C3)C4)c3cc(N4c5ccccc5Cc5ccccc54)ccc3c(C34CC5CC(CC(C5)C3)C4)c2c1. The topological polar surface area (TPSA) is 6.48 Å². The monoisotopic (exact) mass is 804 g/mol. The van der Waals surface area contributed by atoms with Crippen LogP contribution >= 0.6 is 0 Å². The highest BCUT2D eigenvalue weighted by atomic mass is 15.2. The smallest absolute Gasteiger partial charge is 0.0497 e. The Labute approximate surface area is 367 Å². The second-order valence-corrected chi connectivity index (χ2v) is 22.1. The van der Waals surface area contributed by atoms with Gasteiger partial charge in [-0.05, 0) is 227 Å². The molecule has 7 aromatic rings. The lowest BCUT2D eigenvalue weighted by Gasteiger charge is -2.59. The minimum atomic E-state index is 0.230. The molecule has 17 rings (SSSR count). The Morgan fingerprint density at radius 2 is 0.613 bits per heavy atom. The maximum Gasteiger partial charge on any atom is 0.0497 e. The van der Waals surface area contributed by atoms with Gasteiger partial charge in [-0.3, -0.25) is 0 Å². The third-order valence-electron chi connectivity index (χ3n) is 18.4. The molecular formula is C60H56N2. The molecule has 2 aliphatic heterocycles. The van der Waals surface area contributed by atoms with Crippen molar-refractivity contribution in [2.45, 2.75) is 101 Å². The van der Waals surface area contributed by atoms with Crippen LogP contribution in [0.1, 0.15) is 110 Å². The summed E-state index contributed by atoms with van der Waals surface area (Å²) in [5.74, 6) is 5.24. The van der Waals surface area contributed by atoms with Crippen LogP contribution in [-0.2, 0) is 23.7 Å². The van der Waals surface area contributed by atoms with Crippen LogP contribution in [0.2, 0.25) is 0 Å². The van der Waals surface area contributed by atoms with Gasteiger partial charge in [-0.15, -0.1) is 0 Å². The molecule has 8 bridgehead atoms. The number of hydrogen-bond acceptors (Lipinski definition) is 2. The van der Waals surface area contributed by atoms with Gasteiger partial charge in [-0.1, -0.05) is 84.9 Å². The van der Waals surface area contributed by atoms with Gasteiger partial charge in [0.15, 0.2) is 0 Å². The fourth-order valence-electron chi connectivity index (χ4n) is 17.2. The summed E-state index contributed by atoms with van der Waals surface area (Å²) in [6.45, 7) is 0. The van der Waals surface area contributed by atoms with Crippen molar-refractivity contribution in [2.75, 3.05) is 9.80 Å². The number of rotatable bonds is 4. The summed E-state index contributed by atoms with van der Waals surface area (Å²) < 4.78 is 0. The Balaban J connectivity index is 1.04. The molecular weight excluding hydrogens is 749 g/mol. The van der Waals surface area contributed by atoms with E-state index in [1.54, 1.807) is 32.7 Å². The first-order chi connectivity index (χ1) is 30.5. The summed E-state index contributed by atoms with van der Waals surface area (Å²) in [7, 11) is 0. The average molecular weight is 805 g/mol. The molecule has 10 aliphatic rings. The minimum absolute atomic E-state index is 0.230. The Bertz CT molecular complexity index is 2660. The van der Waals surface area contributed by atoms with Crippen LogP contribution in [0.25, 0.3) is 21.5 Å². The molecule has 306 valence electrons. The predicted molar refractivity (Wildman–Crippen MR) is 256 cm³/mol. The van der Waals surface area contributed by atoms with Crippen molar-refractivity contribution in [3.05, 3.63) is 167 Å². The molecule has 8 fully saturated rings. The number of hydrogen-bond donors (Lipinski definition) is 0. The molecule has 0 N–H and O–H groups in total. The van der Waals surface area contributed by atoms with E-state index in [-0.39, 0.29) is 10.8 Å². The van der Waals surface area contributed by atoms with Gasteiger partial charge in [0.2, 0.25) is 0 Å². The zero-order valence-corrected chi connectivity index (χ0v) is 36.0. The highest BCUT2D eigenvalue weighted by Gasteiger charge is 2.55. The van der Waals surface area contributed by atoms with E-state index >= 15 is 0 Å². The van der Waals surface area contributed by atoms with Gasteiger partial charge in [0.25, 0.3) is 0 Å². The van der Waals surface area contributed by atoms with Crippen molar-refractivity contribution in [1.82, 2.24) is 0 Å². The first-order valence-electron chi connectivity index (χ1n) is 24.5. The highest BCUT2D eigenvalue weighted by Crippen LogP contribution is 2.66. The quantitative estimate of drug-likeness (QED) is 0.164. The summed E-state index contributed by atoms with van der Waals surface area (Å²) in [5, 5.41) is 6.35. The second kappa shape index (κ2) is 12.6. The zero-order chi connectivity index (χ0) is 40.3. The van der Waals surface area contributed by atoms with Crippen LogP contribution in [0.4, 0.5) is 34.1 Å². The average Bonchev–Trinajstić information content (AvgIpc) is 3.27. The van der Waals surface area contributed by atoms with Crippen molar-refractivity contribution < 1.29 is 0 Å². The lowest BCUT2D eigenvalue weighted by atomic mass is 9.46. The summed E-state index contributed by atoms with van der Waals surface area (Å²) in [4.78, 5) is 5.25. The number of para-hydroxylation sites is 4. The van der Waals surface area contributed by atoms with Crippen LogP contribution < -0.4 is 9.80 Å². The van der Waals surface area contributed by atoms with E-state index in [1.165, 1.54) is 133 Å². The van der Waals surface area contributed by atoms with E-state index in [1.807, 2.05) is 0 Å². The summed E-state index contributed by atoms with van der Waals surface area (Å²) in [6, 6.07) is 52.7. The van der Waals surface area contributed by atoms with Gasteiger partial charge in [-0.25, -0.2) is 0 Å². The third-order valence-corrected chi connectivity index (χ3v) is 18.4. The maximum absolute atomic E-state index is 2.73. The normalized spacial score (nSPS) is 30.7. The third kappa shape index (κ3) is 4.93. The van der Waals surface area contributed by atoms with Crippen LogP contribution in [0, 0.1) is 35.5 Å². The first-order valence-corrected chi connectivity index (χ1v) is 24.5. The molecule has 2 nitrogen and oxygen atoms in total. The van der Waals surface area contributed by atoms with Crippen LogP contribution in [0.5, 0.6) is 0 Å². The van der Waals surface area contributed by atoms with Crippen molar-refractivity contribution in [3.63, 3.8) is 0 Å². The zero-order valence-electron chi connectivity index (χ0n) is 36.0. The van der Waals surface area contributed by atoms with Crippen molar-refractivity contribution in [1.29, 1.82) is 0 Å². The van der Waals surface area contributed by atoms with E-state index in [0.29, 0.717) is 0 Å². The molecule has 2 heteroatoms. The van der Waals surface area contributed by atoms with Gasteiger partial charge in [-0.2, -0.15) is 0 Å². The second-order valence-electron chi connectivity index (χ2n) is 22.1. The largest absolute Gasteiger partial charge is 0.310 e. The molecule has 7 aromatic carbocycles. The lowest BCUT2D eigenvalue weighted by molar-refractivity contribution is -0.00493. The number of anilines is 6. The number of nitrogens with zero attached hydrogens (tertiary/aromatic N) is 2. The highest BCUT2D eigenvalue weighted by molar-refractivity contribution is 6.10. The standard InChI is InChI=1S/C60H56N2/c1-5-13-53-43(9-1)27-44-10-2-6-14-54(44)61(53)47-17-19-49-51(29-47)57(59-31-37-21-38(32-59)23-39(22-37)33-59)50-20-18-48(62-55-15-7-3-11-45(55)28-46-12-4-8-16-56(46)62)30-52(50)58(49)60-34-40-24-41(35-60)26-42(25-40)36-60/h1-20,29-30,37-42H,21-28,31-36H2. The van der Waals surface area contributed by atoms with Crippen LogP contribution in [0.15, 0.2) is 133 Å².